The van der Waals surface area contributed by atoms with Crippen molar-refractivity contribution >= 4 is 28.4 Å². The number of furan rings is 1. The van der Waals surface area contributed by atoms with Crippen LogP contribution in [0.15, 0.2) is 57.3 Å². The minimum absolute atomic E-state index is 0.0401. The number of azo groups is 1. The molecule has 27 heavy (non-hydrogen) atoms. The molecule has 0 saturated carbocycles. The van der Waals surface area contributed by atoms with E-state index in [2.05, 4.69) is 15.5 Å². The zero-order valence-corrected chi connectivity index (χ0v) is 15.0. The molecule has 0 bridgehead atoms. The van der Waals surface area contributed by atoms with Gasteiger partial charge < -0.3 is 19.4 Å². The van der Waals surface area contributed by atoms with E-state index in [-0.39, 0.29) is 29.9 Å². The van der Waals surface area contributed by atoms with E-state index in [1.165, 1.54) is 12.3 Å². The first-order valence-electron chi connectivity index (χ1n) is 8.61. The number of nitrogens with one attached hydrogen (secondary N) is 1. The quantitative estimate of drug-likeness (QED) is 0.642. The number of hydrogen-bond donors (Lipinski definition) is 2. The Balaban J connectivity index is 1.78. The molecule has 0 aliphatic carbocycles. The topological polar surface area (TPSA) is 109 Å². The number of fused-ring (bicyclic) bond motifs is 1. The maximum absolute atomic E-state index is 11.9. The van der Waals surface area contributed by atoms with E-state index in [1.807, 2.05) is 38.1 Å². The summed E-state index contributed by atoms with van der Waals surface area (Å²) in [4.78, 5) is 23.7. The summed E-state index contributed by atoms with van der Waals surface area (Å²) in [6.45, 7) is 3.68. The lowest BCUT2D eigenvalue weighted by atomic mass is 10.2. The zero-order valence-electron chi connectivity index (χ0n) is 15.0. The van der Waals surface area contributed by atoms with Gasteiger partial charge in [0.05, 0.1) is 11.8 Å². The Morgan fingerprint density at radius 3 is 2.74 bits per heavy atom. The Labute approximate surface area is 155 Å². The van der Waals surface area contributed by atoms with Crippen molar-refractivity contribution < 1.29 is 19.1 Å². The molecule has 1 unspecified atom stereocenters. The van der Waals surface area contributed by atoms with Crippen molar-refractivity contribution in [1.82, 2.24) is 9.88 Å². The lowest BCUT2D eigenvalue weighted by Crippen LogP contribution is -2.28. The van der Waals surface area contributed by atoms with Crippen LogP contribution in [-0.4, -0.2) is 28.0 Å². The Kier molecular flexibility index (Phi) is 5.35. The van der Waals surface area contributed by atoms with Crippen molar-refractivity contribution in [2.75, 3.05) is 6.54 Å². The van der Waals surface area contributed by atoms with Gasteiger partial charge in [-0.05, 0) is 31.5 Å². The standard InChI is InChI=1S/C19H20N4O4/c1-3-12(2)23-14-8-5-4-7-13(14)17(19(23)26)22-21-16(24)11-20-18(25)15-9-6-10-27-15/h4-10,12,26H,3,11H2,1-2H3,(H,20,25). The molecular weight excluding hydrogens is 348 g/mol. The van der Waals surface area contributed by atoms with Crippen molar-refractivity contribution in [3.63, 3.8) is 0 Å². The van der Waals surface area contributed by atoms with E-state index in [1.54, 1.807) is 10.6 Å². The van der Waals surface area contributed by atoms with Gasteiger partial charge >= 0.3 is 0 Å². The molecule has 140 valence electrons. The molecule has 0 aliphatic heterocycles. The summed E-state index contributed by atoms with van der Waals surface area (Å²) in [5.74, 6) is -1.09. The first kappa shape index (κ1) is 18.4. The molecule has 1 aromatic carbocycles. The molecule has 2 N–H and O–H groups in total. The average Bonchev–Trinajstić information content (AvgIpc) is 3.30. The van der Waals surface area contributed by atoms with E-state index in [9.17, 15) is 14.7 Å². The van der Waals surface area contributed by atoms with E-state index in [0.29, 0.717) is 5.39 Å². The zero-order chi connectivity index (χ0) is 19.4. The van der Waals surface area contributed by atoms with E-state index in [4.69, 9.17) is 4.42 Å². The molecular formula is C19H20N4O4. The first-order valence-corrected chi connectivity index (χ1v) is 8.61. The maximum atomic E-state index is 11.9. The molecule has 0 aliphatic rings. The minimum Gasteiger partial charge on any atom is -0.493 e. The van der Waals surface area contributed by atoms with E-state index >= 15 is 0 Å². The van der Waals surface area contributed by atoms with Gasteiger partial charge in [-0.2, -0.15) is 0 Å². The molecule has 8 heteroatoms. The number of carbonyl (C=O) groups excluding carboxylic acids is 2. The Morgan fingerprint density at radius 2 is 2.04 bits per heavy atom. The summed E-state index contributed by atoms with van der Waals surface area (Å²) in [6.07, 6.45) is 2.19. The lowest BCUT2D eigenvalue weighted by molar-refractivity contribution is -0.117. The van der Waals surface area contributed by atoms with Crippen LogP contribution in [0.25, 0.3) is 10.9 Å². The number of aromatic nitrogens is 1. The van der Waals surface area contributed by atoms with E-state index < -0.39 is 11.8 Å². The Bertz CT molecular complexity index is 989. The highest BCUT2D eigenvalue weighted by molar-refractivity contribution is 5.96. The number of hydrogen-bond acceptors (Lipinski definition) is 5. The van der Waals surface area contributed by atoms with Gasteiger partial charge in [-0.1, -0.05) is 25.1 Å². The normalized spacial score (nSPS) is 12.5. The Morgan fingerprint density at radius 1 is 1.26 bits per heavy atom. The molecule has 3 aromatic rings. The fourth-order valence-corrected chi connectivity index (χ4v) is 2.75. The van der Waals surface area contributed by atoms with Crippen LogP contribution in [0.2, 0.25) is 0 Å². The van der Waals surface area contributed by atoms with Crippen LogP contribution in [0, 0.1) is 0 Å². The van der Waals surface area contributed by atoms with Gasteiger partial charge in [0.2, 0.25) is 5.88 Å². The van der Waals surface area contributed by atoms with Crippen LogP contribution in [0.3, 0.4) is 0 Å². The molecule has 0 fully saturated rings. The summed E-state index contributed by atoms with van der Waals surface area (Å²) in [7, 11) is 0. The first-order chi connectivity index (χ1) is 13.0. The number of benzene rings is 1. The third-order valence-corrected chi connectivity index (χ3v) is 4.30. The lowest BCUT2D eigenvalue weighted by Gasteiger charge is -2.13. The summed E-state index contributed by atoms with van der Waals surface area (Å²) in [5.41, 5.74) is 1.05. The van der Waals surface area contributed by atoms with Gasteiger partial charge in [-0.3, -0.25) is 9.59 Å². The van der Waals surface area contributed by atoms with E-state index in [0.717, 1.165) is 11.9 Å². The number of rotatable bonds is 6. The van der Waals surface area contributed by atoms with Crippen LogP contribution in [0.5, 0.6) is 5.88 Å². The number of nitrogens with zero attached hydrogens (tertiary/aromatic N) is 3. The molecule has 1 atom stereocenters. The number of amides is 2. The molecule has 0 radical (unpaired) electrons. The van der Waals surface area contributed by atoms with Gasteiger partial charge in [0.15, 0.2) is 11.4 Å². The maximum Gasteiger partial charge on any atom is 0.287 e. The highest BCUT2D eigenvalue weighted by Crippen LogP contribution is 2.41. The van der Waals surface area contributed by atoms with Crippen LogP contribution in [-0.2, 0) is 4.79 Å². The van der Waals surface area contributed by atoms with Crippen LogP contribution >= 0.6 is 0 Å². The molecule has 0 spiro atoms. The fraction of sp³-hybridized carbons (Fsp3) is 0.263. The summed E-state index contributed by atoms with van der Waals surface area (Å²) >= 11 is 0. The summed E-state index contributed by atoms with van der Waals surface area (Å²) in [5, 5.41) is 21.3. The van der Waals surface area contributed by atoms with Gasteiger partial charge in [0.25, 0.3) is 11.8 Å². The van der Waals surface area contributed by atoms with Gasteiger partial charge in [0.1, 0.15) is 6.54 Å². The van der Waals surface area contributed by atoms with Crippen molar-refractivity contribution in [1.29, 1.82) is 0 Å². The monoisotopic (exact) mass is 368 g/mol. The predicted octanol–water partition coefficient (Wildman–Crippen LogP) is 3.95. The molecule has 3 rings (SSSR count). The second-order valence-corrected chi connectivity index (χ2v) is 6.07. The van der Waals surface area contributed by atoms with Crippen molar-refractivity contribution in [3.8, 4) is 5.88 Å². The van der Waals surface area contributed by atoms with Gasteiger partial charge in [0, 0.05) is 11.4 Å². The SMILES string of the molecule is CCC(C)n1c(O)c(N=NC(=O)CNC(=O)c2ccco2)c2ccccc21. The highest BCUT2D eigenvalue weighted by Gasteiger charge is 2.19. The largest absolute Gasteiger partial charge is 0.493 e. The average molecular weight is 368 g/mol. The number of carbonyl (C=O) groups is 2. The summed E-state index contributed by atoms with van der Waals surface area (Å²) < 4.78 is 6.71. The third kappa shape index (κ3) is 3.74. The van der Waals surface area contributed by atoms with Crippen molar-refractivity contribution in [3.05, 3.63) is 48.4 Å². The Hall–Kier alpha value is -3.42. The second kappa shape index (κ2) is 7.86. The predicted molar refractivity (Wildman–Crippen MR) is 99.2 cm³/mol. The van der Waals surface area contributed by atoms with Crippen LogP contribution in [0.4, 0.5) is 5.69 Å². The van der Waals surface area contributed by atoms with Crippen molar-refractivity contribution in [2.24, 2.45) is 10.2 Å². The molecule has 0 saturated heterocycles. The smallest absolute Gasteiger partial charge is 0.287 e. The van der Waals surface area contributed by atoms with Gasteiger partial charge in [-0.25, -0.2) is 0 Å². The highest BCUT2D eigenvalue weighted by atomic mass is 16.3. The summed E-state index contributed by atoms with van der Waals surface area (Å²) in [6, 6.07) is 10.5. The molecule has 2 heterocycles. The minimum atomic E-state index is -0.644. The molecule has 2 amide bonds. The second-order valence-electron chi connectivity index (χ2n) is 6.07. The van der Waals surface area contributed by atoms with Crippen LogP contribution < -0.4 is 5.32 Å². The van der Waals surface area contributed by atoms with Gasteiger partial charge in [-0.15, -0.1) is 10.2 Å². The molecule has 2 aromatic heterocycles. The molecule has 8 nitrogen and oxygen atoms in total. The number of para-hydroxylation sites is 1. The van der Waals surface area contributed by atoms with Crippen LogP contribution in [0.1, 0.15) is 36.9 Å². The number of aromatic hydroxyl groups is 1. The third-order valence-electron chi connectivity index (χ3n) is 4.30. The fourth-order valence-electron chi connectivity index (χ4n) is 2.75. The van der Waals surface area contributed by atoms with Crippen molar-refractivity contribution in [2.45, 2.75) is 26.3 Å².